The van der Waals surface area contributed by atoms with Crippen molar-refractivity contribution in [3.8, 4) is 0 Å². The normalized spacial score (nSPS) is 28.8. The third-order valence-corrected chi connectivity index (χ3v) is 3.52. The van der Waals surface area contributed by atoms with Gasteiger partial charge in [0.25, 0.3) is 0 Å². The molecule has 0 spiro atoms. The van der Waals surface area contributed by atoms with E-state index in [4.69, 9.17) is 0 Å². The van der Waals surface area contributed by atoms with Gasteiger partial charge in [0.2, 0.25) is 0 Å². The molecule has 0 radical (unpaired) electrons. The maximum absolute atomic E-state index is 2.29. The van der Waals surface area contributed by atoms with Crippen LogP contribution in [0, 0.1) is 0 Å². The molecule has 1 fully saturated rings. The van der Waals surface area contributed by atoms with E-state index in [1.165, 1.54) is 12.3 Å². The second kappa shape index (κ2) is 2.72. The van der Waals surface area contributed by atoms with E-state index < -0.39 is 0 Å². The van der Waals surface area contributed by atoms with E-state index in [9.17, 15) is 0 Å². The molecule has 2 nitrogen and oxygen atoms in total. The minimum Gasteiger partial charge on any atom is -0.243 e. The zero-order valence-electron chi connectivity index (χ0n) is 7.22. The highest BCUT2D eigenvalue weighted by Crippen LogP contribution is 2.31. The maximum atomic E-state index is 2.29. The Labute approximate surface area is 67.5 Å². The Balaban J connectivity index is 2.60. The fourth-order valence-electron chi connectivity index (χ4n) is 1.08. The minimum atomic E-state index is 0.285. The van der Waals surface area contributed by atoms with E-state index in [0.717, 1.165) is 0 Å². The van der Waals surface area contributed by atoms with Crippen molar-refractivity contribution >= 4 is 11.8 Å². The molecule has 60 valence electrons. The van der Waals surface area contributed by atoms with Crippen LogP contribution in [0.15, 0.2) is 0 Å². The first-order valence-corrected chi connectivity index (χ1v) is 4.61. The first-order valence-electron chi connectivity index (χ1n) is 3.63. The van der Waals surface area contributed by atoms with Gasteiger partial charge < -0.3 is 0 Å². The smallest absolute Gasteiger partial charge is 0.0747 e. The quantitative estimate of drug-likeness (QED) is 0.526. The molecule has 0 N–H and O–H groups in total. The molecular formula is C7H16N2S. The van der Waals surface area contributed by atoms with E-state index in [0.29, 0.717) is 0 Å². The van der Waals surface area contributed by atoms with Crippen LogP contribution in [0.3, 0.4) is 0 Å². The number of rotatable bonds is 0. The number of hydrazine groups is 1. The fourth-order valence-corrected chi connectivity index (χ4v) is 2.26. The molecule has 1 aliphatic rings. The molecule has 0 atom stereocenters. The predicted molar refractivity (Wildman–Crippen MR) is 46.9 cm³/mol. The van der Waals surface area contributed by atoms with Crippen LogP contribution in [0.4, 0.5) is 0 Å². The first-order chi connectivity index (χ1) is 4.54. The summed E-state index contributed by atoms with van der Waals surface area (Å²) in [6, 6.07) is 0. The molecular weight excluding hydrogens is 144 g/mol. The van der Waals surface area contributed by atoms with Crippen molar-refractivity contribution < 1.29 is 0 Å². The standard InChI is InChI=1S/C7H16N2S/c1-7(2)9(4)8(3)5-6-10-7/h5-6H2,1-4H3. The molecule has 1 rings (SSSR count). The highest BCUT2D eigenvalue weighted by Gasteiger charge is 2.30. The van der Waals surface area contributed by atoms with Crippen LogP contribution < -0.4 is 0 Å². The van der Waals surface area contributed by atoms with Gasteiger partial charge in [-0.25, -0.2) is 10.0 Å². The summed E-state index contributed by atoms with van der Waals surface area (Å²) >= 11 is 2.02. The van der Waals surface area contributed by atoms with Gasteiger partial charge in [-0.1, -0.05) is 0 Å². The average Bonchev–Trinajstić information content (AvgIpc) is 1.83. The largest absolute Gasteiger partial charge is 0.243 e. The van der Waals surface area contributed by atoms with E-state index >= 15 is 0 Å². The average molecular weight is 160 g/mol. The van der Waals surface area contributed by atoms with Crippen molar-refractivity contribution in [3.63, 3.8) is 0 Å². The molecule has 3 heteroatoms. The Kier molecular flexibility index (Phi) is 2.28. The Morgan fingerprint density at radius 1 is 1.30 bits per heavy atom. The molecule has 1 aliphatic heterocycles. The Morgan fingerprint density at radius 3 is 2.30 bits per heavy atom. The van der Waals surface area contributed by atoms with Crippen molar-refractivity contribution in [1.29, 1.82) is 0 Å². The molecule has 0 aromatic heterocycles. The molecule has 0 bridgehead atoms. The molecule has 0 aliphatic carbocycles. The lowest BCUT2D eigenvalue weighted by Gasteiger charge is -2.45. The number of hydrogen-bond acceptors (Lipinski definition) is 3. The van der Waals surface area contributed by atoms with Gasteiger partial charge in [0.05, 0.1) is 4.87 Å². The number of thioether (sulfide) groups is 1. The summed E-state index contributed by atoms with van der Waals surface area (Å²) in [4.78, 5) is 0.285. The van der Waals surface area contributed by atoms with Gasteiger partial charge in [-0.2, -0.15) is 0 Å². The number of nitrogens with zero attached hydrogens (tertiary/aromatic N) is 2. The SMILES string of the molecule is CN1CCSC(C)(C)N1C. The highest BCUT2D eigenvalue weighted by atomic mass is 32.2. The minimum absolute atomic E-state index is 0.285. The second-order valence-electron chi connectivity index (χ2n) is 3.20. The van der Waals surface area contributed by atoms with Crippen LogP contribution in [0.1, 0.15) is 13.8 Å². The van der Waals surface area contributed by atoms with Crippen LogP contribution in [0.5, 0.6) is 0 Å². The van der Waals surface area contributed by atoms with Gasteiger partial charge >= 0.3 is 0 Å². The topological polar surface area (TPSA) is 6.48 Å². The Bertz CT molecular complexity index is 125. The zero-order valence-corrected chi connectivity index (χ0v) is 8.03. The third-order valence-electron chi connectivity index (χ3n) is 2.16. The Morgan fingerprint density at radius 2 is 1.90 bits per heavy atom. The van der Waals surface area contributed by atoms with Crippen molar-refractivity contribution in [2.75, 3.05) is 26.4 Å². The molecule has 0 unspecified atom stereocenters. The van der Waals surface area contributed by atoms with E-state index in [-0.39, 0.29) is 4.87 Å². The van der Waals surface area contributed by atoms with E-state index in [2.05, 4.69) is 38.0 Å². The van der Waals surface area contributed by atoms with Gasteiger partial charge in [-0.05, 0) is 13.8 Å². The lowest BCUT2D eigenvalue weighted by Crippen LogP contribution is -2.52. The lowest BCUT2D eigenvalue weighted by molar-refractivity contribution is -0.0181. The molecule has 10 heavy (non-hydrogen) atoms. The molecule has 0 aromatic carbocycles. The van der Waals surface area contributed by atoms with Gasteiger partial charge in [0, 0.05) is 26.4 Å². The van der Waals surface area contributed by atoms with Crippen molar-refractivity contribution in [2.45, 2.75) is 18.7 Å². The van der Waals surface area contributed by atoms with Crippen molar-refractivity contribution in [3.05, 3.63) is 0 Å². The lowest BCUT2D eigenvalue weighted by atomic mass is 10.4. The van der Waals surface area contributed by atoms with E-state index in [1.54, 1.807) is 0 Å². The first kappa shape index (κ1) is 8.37. The summed E-state index contributed by atoms with van der Waals surface area (Å²) in [7, 11) is 4.29. The predicted octanol–water partition coefficient (Wildman–Crippen LogP) is 1.25. The van der Waals surface area contributed by atoms with Gasteiger partial charge in [-0.3, -0.25) is 0 Å². The third kappa shape index (κ3) is 1.47. The molecule has 0 aromatic rings. The summed E-state index contributed by atoms with van der Waals surface area (Å²) in [5, 5.41) is 4.57. The van der Waals surface area contributed by atoms with Gasteiger partial charge in [0.1, 0.15) is 0 Å². The van der Waals surface area contributed by atoms with Crippen LogP contribution in [-0.4, -0.2) is 41.3 Å². The molecule has 0 saturated carbocycles. The van der Waals surface area contributed by atoms with Crippen LogP contribution >= 0.6 is 11.8 Å². The Hall–Kier alpha value is 0.270. The molecule has 0 amide bonds. The van der Waals surface area contributed by atoms with Crippen LogP contribution in [0.2, 0.25) is 0 Å². The van der Waals surface area contributed by atoms with Crippen LogP contribution in [-0.2, 0) is 0 Å². The van der Waals surface area contributed by atoms with Crippen molar-refractivity contribution in [2.24, 2.45) is 0 Å². The molecule has 1 saturated heterocycles. The maximum Gasteiger partial charge on any atom is 0.0747 e. The van der Waals surface area contributed by atoms with Gasteiger partial charge in [-0.15, -0.1) is 11.8 Å². The zero-order chi connectivity index (χ0) is 7.78. The number of hydrogen-bond donors (Lipinski definition) is 0. The van der Waals surface area contributed by atoms with E-state index in [1.807, 2.05) is 11.8 Å². The summed E-state index contributed by atoms with van der Waals surface area (Å²) in [6.45, 7) is 5.69. The monoisotopic (exact) mass is 160 g/mol. The summed E-state index contributed by atoms with van der Waals surface area (Å²) in [5.41, 5.74) is 0. The van der Waals surface area contributed by atoms with Crippen molar-refractivity contribution in [1.82, 2.24) is 10.0 Å². The fraction of sp³-hybridized carbons (Fsp3) is 1.00. The van der Waals surface area contributed by atoms with Gasteiger partial charge in [0.15, 0.2) is 0 Å². The molecule has 1 heterocycles. The summed E-state index contributed by atoms with van der Waals surface area (Å²) in [5.74, 6) is 1.24. The second-order valence-corrected chi connectivity index (χ2v) is 4.90. The summed E-state index contributed by atoms with van der Waals surface area (Å²) in [6.07, 6.45) is 0. The highest BCUT2D eigenvalue weighted by molar-refractivity contribution is 8.00. The summed E-state index contributed by atoms with van der Waals surface area (Å²) < 4.78 is 0. The van der Waals surface area contributed by atoms with Crippen LogP contribution in [0.25, 0.3) is 0 Å².